The van der Waals surface area contributed by atoms with Crippen LogP contribution in [0.2, 0.25) is 0 Å². The molecule has 0 aliphatic carbocycles. The Morgan fingerprint density at radius 2 is 1.82 bits per heavy atom. The molecule has 0 amide bonds. The standard InChI is InChI=1S/C25H25N7O2/c1-25(2,3)34-24(33)32-15-21(22-16-31(29-28-22)13-17-8-6-5-7-9-17)20-10-18(11-26-23(20)32)19-12-27-30(4)14-19/h5-12,14-16H,13H2,1-4H3. The Balaban J connectivity index is 1.60. The van der Waals surface area contributed by atoms with Gasteiger partial charge >= 0.3 is 6.09 Å². The largest absolute Gasteiger partial charge is 0.443 e. The molecule has 0 aliphatic heterocycles. The molecule has 0 N–H and O–H groups in total. The van der Waals surface area contributed by atoms with Crippen molar-refractivity contribution in [2.24, 2.45) is 7.05 Å². The summed E-state index contributed by atoms with van der Waals surface area (Å²) in [5.41, 5.74) is 4.19. The van der Waals surface area contributed by atoms with Crippen LogP contribution in [-0.4, -0.2) is 46.0 Å². The minimum Gasteiger partial charge on any atom is -0.443 e. The van der Waals surface area contributed by atoms with Crippen molar-refractivity contribution in [3.8, 4) is 22.4 Å². The van der Waals surface area contributed by atoms with Crippen molar-refractivity contribution >= 4 is 17.1 Å². The number of fused-ring (bicyclic) bond motifs is 1. The number of benzene rings is 1. The van der Waals surface area contributed by atoms with Gasteiger partial charge in [-0.25, -0.2) is 19.0 Å². The van der Waals surface area contributed by atoms with Gasteiger partial charge in [0.2, 0.25) is 0 Å². The first-order valence-electron chi connectivity index (χ1n) is 10.9. The number of hydrogen-bond acceptors (Lipinski definition) is 6. The van der Waals surface area contributed by atoms with Crippen molar-refractivity contribution in [1.82, 2.24) is 34.3 Å². The van der Waals surface area contributed by atoms with Gasteiger partial charge < -0.3 is 4.74 Å². The summed E-state index contributed by atoms with van der Waals surface area (Å²) in [5, 5.41) is 13.7. The van der Waals surface area contributed by atoms with Gasteiger partial charge in [-0.3, -0.25) is 4.68 Å². The number of carbonyl (C=O) groups excluding carboxylic acids is 1. The topological polar surface area (TPSA) is 92.7 Å². The van der Waals surface area contributed by atoms with Gasteiger partial charge in [-0.1, -0.05) is 35.5 Å². The molecule has 0 aliphatic rings. The number of nitrogens with zero attached hydrogens (tertiary/aromatic N) is 7. The van der Waals surface area contributed by atoms with E-state index in [2.05, 4.69) is 20.4 Å². The monoisotopic (exact) mass is 455 g/mol. The minimum atomic E-state index is -0.637. The lowest BCUT2D eigenvalue weighted by molar-refractivity contribution is 0.0543. The molecular formula is C25H25N7O2. The van der Waals surface area contributed by atoms with Gasteiger partial charge in [-0.05, 0) is 32.4 Å². The van der Waals surface area contributed by atoms with E-state index in [0.29, 0.717) is 17.9 Å². The van der Waals surface area contributed by atoms with Gasteiger partial charge in [0.25, 0.3) is 0 Å². The van der Waals surface area contributed by atoms with E-state index in [1.807, 2.05) is 76.6 Å². The Morgan fingerprint density at radius 1 is 1.03 bits per heavy atom. The van der Waals surface area contributed by atoms with Crippen molar-refractivity contribution in [3.05, 3.63) is 72.9 Å². The third kappa shape index (κ3) is 4.32. The van der Waals surface area contributed by atoms with Crippen LogP contribution < -0.4 is 0 Å². The number of aryl methyl sites for hydroxylation is 1. The summed E-state index contributed by atoms with van der Waals surface area (Å²) < 4.78 is 10.6. The fourth-order valence-electron chi connectivity index (χ4n) is 3.76. The second kappa shape index (κ2) is 8.26. The zero-order valence-electron chi connectivity index (χ0n) is 19.5. The van der Waals surface area contributed by atoms with Crippen molar-refractivity contribution < 1.29 is 9.53 Å². The maximum Gasteiger partial charge on any atom is 0.420 e. The van der Waals surface area contributed by atoms with E-state index in [-0.39, 0.29) is 0 Å². The first-order valence-corrected chi connectivity index (χ1v) is 10.9. The van der Waals surface area contributed by atoms with Crippen LogP contribution in [0, 0.1) is 0 Å². The maximum atomic E-state index is 13.0. The van der Waals surface area contributed by atoms with E-state index in [1.54, 1.807) is 28.0 Å². The lowest BCUT2D eigenvalue weighted by Crippen LogP contribution is -2.26. The van der Waals surface area contributed by atoms with Crippen LogP contribution in [0.3, 0.4) is 0 Å². The molecule has 172 valence electrons. The van der Waals surface area contributed by atoms with Crippen LogP contribution >= 0.6 is 0 Å². The van der Waals surface area contributed by atoms with E-state index in [9.17, 15) is 4.79 Å². The van der Waals surface area contributed by atoms with Crippen LogP contribution in [-0.2, 0) is 18.3 Å². The van der Waals surface area contributed by atoms with Gasteiger partial charge in [0, 0.05) is 47.7 Å². The van der Waals surface area contributed by atoms with Crippen LogP contribution in [0.4, 0.5) is 4.79 Å². The van der Waals surface area contributed by atoms with Crippen molar-refractivity contribution in [2.75, 3.05) is 0 Å². The van der Waals surface area contributed by atoms with Gasteiger partial charge in [0.15, 0.2) is 0 Å². The Bertz CT molecular complexity index is 1470. The van der Waals surface area contributed by atoms with E-state index in [1.165, 1.54) is 4.57 Å². The van der Waals surface area contributed by atoms with Gasteiger partial charge in [0.05, 0.1) is 18.9 Å². The molecule has 9 nitrogen and oxygen atoms in total. The Kier molecular flexibility index (Phi) is 5.24. The number of aromatic nitrogens is 7. The molecule has 5 aromatic rings. The van der Waals surface area contributed by atoms with Crippen molar-refractivity contribution in [1.29, 1.82) is 0 Å². The Morgan fingerprint density at radius 3 is 2.53 bits per heavy atom. The average Bonchev–Trinajstić information content (AvgIpc) is 3.51. The molecule has 0 unspecified atom stereocenters. The Labute approximate surface area is 196 Å². The first-order chi connectivity index (χ1) is 16.3. The molecule has 9 heteroatoms. The van der Waals surface area contributed by atoms with E-state index >= 15 is 0 Å². The molecule has 0 atom stereocenters. The van der Waals surface area contributed by atoms with Crippen LogP contribution in [0.1, 0.15) is 26.3 Å². The van der Waals surface area contributed by atoms with E-state index < -0.39 is 11.7 Å². The molecule has 4 aromatic heterocycles. The third-order valence-corrected chi connectivity index (χ3v) is 5.27. The fraction of sp³-hybridized carbons (Fsp3) is 0.240. The molecular weight excluding hydrogens is 430 g/mol. The molecule has 34 heavy (non-hydrogen) atoms. The summed E-state index contributed by atoms with van der Waals surface area (Å²) in [4.78, 5) is 17.6. The molecule has 1 aromatic carbocycles. The SMILES string of the molecule is Cn1cc(-c2cnc3c(c2)c(-c2cn(Cc4ccccc4)nn2)cn3C(=O)OC(C)(C)C)cn1. The molecule has 0 saturated carbocycles. The number of rotatable bonds is 4. The highest BCUT2D eigenvalue weighted by molar-refractivity contribution is 5.99. The molecule has 0 radical (unpaired) electrons. The fourth-order valence-corrected chi connectivity index (χ4v) is 3.76. The summed E-state index contributed by atoms with van der Waals surface area (Å²) in [7, 11) is 1.87. The van der Waals surface area contributed by atoms with Crippen LogP contribution in [0.25, 0.3) is 33.4 Å². The van der Waals surface area contributed by atoms with Crippen LogP contribution in [0.5, 0.6) is 0 Å². The van der Waals surface area contributed by atoms with Gasteiger partial charge in [0.1, 0.15) is 16.9 Å². The quantitative estimate of drug-likeness (QED) is 0.395. The molecule has 4 heterocycles. The average molecular weight is 456 g/mol. The van der Waals surface area contributed by atoms with Crippen molar-refractivity contribution in [2.45, 2.75) is 32.9 Å². The smallest absolute Gasteiger partial charge is 0.420 e. The number of carbonyl (C=O) groups is 1. The molecule has 0 saturated heterocycles. The summed E-state index contributed by atoms with van der Waals surface area (Å²) in [5.74, 6) is 0. The highest BCUT2D eigenvalue weighted by Gasteiger charge is 2.23. The van der Waals surface area contributed by atoms with Gasteiger partial charge in [-0.2, -0.15) is 5.10 Å². The summed E-state index contributed by atoms with van der Waals surface area (Å²) >= 11 is 0. The second-order valence-corrected chi connectivity index (χ2v) is 9.18. The zero-order valence-corrected chi connectivity index (χ0v) is 19.5. The molecule has 5 rings (SSSR count). The van der Waals surface area contributed by atoms with E-state index in [0.717, 1.165) is 27.6 Å². The highest BCUT2D eigenvalue weighted by atomic mass is 16.6. The number of hydrogen-bond donors (Lipinski definition) is 0. The summed E-state index contributed by atoms with van der Waals surface area (Å²) in [6, 6.07) is 12.0. The lowest BCUT2D eigenvalue weighted by atomic mass is 10.1. The molecule has 0 bridgehead atoms. The van der Waals surface area contributed by atoms with Crippen LogP contribution in [0.15, 0.2) is 67.4 Å². The predicted octanol–water partition coefficient (Wildman–Crippen LogP) is 4.53. The van der Waals surface area contributed by atoms with Crippen molar-refractivity contribution in [3.63, 3.8) is 0 Å². The molecule has 0 fully saturated rings. The lowest BCUT2D eigenvalue weighted by Gasteiger charge is -2.19. The highest BCUT2D eigenvalue weighted by Crippen LogP contribution is 2.32. The normalized spacial score (nSPS) is 11.8. The molecule has 0 spiro atoms. The summed E-state index contributed by atoms with van der Waals surface area (Å²) in [6.07, 6.45) is 8.53. The summed E-state index contributed by atoms with van der Waals surface area (Å²) in [6.45, 7) is 6.10. The number of ether oxygens (including phenoxy) is 1. The first kappa shape index (κ1) is 21.6. The maximum absolute atomic E-state index is 13.0. The minimum absolute atomic E-state index is 0.495. The number of pyridine rings is 1. The van der Waals surface area contributed by atoms with E-state index in [4.69, 9.17) is 4.74 Å². The van der Waals surface area contributed by atoms with Gasteiger partial charge in [-0.15, -0.1) is 5.10 Å². The third-order valence-electron chi connectivity index (χ3n) is 5.27. The Hall–Kier alpha value is -4.27. The second-order valence-electron chi connectivity index (χ2n) is 9.18. The zero-order chi connectivity index (χ0) is 23.9. The predicted molar refractivity (Wildman–Crippen MR) is 128 cm³/mol.